The third-order valence-electron chi connectivity index (χ3n) is 12.7. The van der Waals surface area contributed by atoms with Crippen molar-refractivity contribution in [3.63, 3.8) is 0 Å². The molecule has 4 fully saturated rings. The second-order valence-corrected chi connectivity index (χ2v) is 15.7. The number of ether oxygens (including phenoxy) is 5. The molecule has 248 valence electrons. The molecule has 9 atom stereocenters. The molecule has 5 aliphatic rings. The molecule has 4 aliphatic carbocycles. The van der Waals surface area contributed by atoms with E-state index >= 15 is 0 Å². The maximum absolute atomic E-state index is 8.09. The number of rotatable bonds is 16. The lowest BCUT2D eigenvalue weighted by molar-refractivity contribution is -0.169. The Balaban J connectivity index is 1.03. The Bertz CT molecular complexity index is 950. The molecule has 3 saturated carbocycles. The molecule has 1 aliphatic heterocycles. The van der Waals surface area contributed by atoms with Crippen LogP contribution in [0.15, 0.2) is 11.6 Å². The fourth-order valence-corrected chi connectivity index (χ4v) is 10.4. The molecule has 1 heterocycles. The van der Waals surface area contributed by atoms with Crippen LogP contribution in [0.5, 0.6) is 0 Å². The first kappa shape index (κ1) is 31.2. The fourth-order valence-electron chi connectivity index (χ4n) is 10.4. The molecule has 0 N–H and O–H groups in total. The van der Waals surface area contributed by atoms with E-state index in [9.17, 15) is 0 Å². The van der Waals surface area contributed by atoms with Gasteiger partial charge in [0.15, 0.2) is 6.29 Å². The van der Waals surface area contributed by atoms with Gasteiger partial charge in [-0.25, -0.2) is 0 Å². The average molecular weight is 605 g/mol. The Kier molecular flexibility index (Phi) is 11.5. The summed E-state index contributed by atoms with van der Waals surface area (Å²) in [6, 6.07) is 0. The van der Waals surface area contributed by atoms with Crippen LogP contribution in [0.1, 0.15) is 127 Å². The van der Waals surface area contributed by atoms with Crippen molar-refractivity contribution < 1.29 is 26.4 Å². The Labute approximate surface area is 267 Å². The first-order valence-electron chi connectivity index (χ1n) is 19.3. The molecular formula is C38H66O5. The summed E-state index contributed by atoms with van der Waals surface area (Å²) in [5.74, 6) is 5.20. The molecule has 0 radical (unpaired) electrons. The van der Waals surface area contributed by atoms with Gasteiger partial charge in [-0.1, -0.05) is 65.5 Å². The highest BCUT2D eigenvalue weighted by Crippen LogP contribution is 2.67. The third kappa shape index (κ3) is 8.28. The number of fused-ring (bicyclic) bond motifs is 5. The second-order valence-electron chi connectivity index (χ2n) is 15.7. The van der Waals surface area contributed by atoms with Crippen molar-refractivity contribution in [3.8, 4) is 0 Å². The molecule has 5 rings (SSSR count). The van der Waals surface area contributed by atoms with Gasteiger partial charge in [-0.15, -0.1) is 0 Å². The van der Waals surface area contributed by atoms with Crippen LogP contribution in [-0.2, 0) is 23.7 Å². The predicted molar refractivity (Wildman–Crippen MR) is 174 cm³/mol. The zero-order valence-corrected chi connectivity index (χ0v) is 28.4. The molecule has 5 heteroatoms. The largest absolute Gasteiger partial charge is 0.377 e. The maximum atomic E-state index is 8.09. The molecule has 1 saturated heterocycles. The van der Waals surface area contributed by atoms with Crippen molar-refractivity contribution in [2.75, 3.05) is 46.2 Å². The van der Waals surface area contributed by atoms with E-state index < -0.39 is 6.56 Å². The van der Waals surface area contributed by atoms with E-state index in [0.717, 1.165) is 74.2 Å². The zero-order valence-electron chi connectivity index (χ0n) is 30.4. The van der Waals surface area contributed by atoms with Crippen LogP contribution in [0.3, 0.4) is 0 Å². The van der Waals surface area contributed by atoms with Gasteiger partial charge in [0.05, 0.1) is 48.4 Å². The van der Waals surface area contributed by atoms with Gasteiger partial charge in [-0.2, -0.15) is 0 Å². The van der Waals surface area contributed by atoms with Crippen LogP contribution in [0, 0.1) is 46.3 Å². The summed E-state index contributed by atoms with van der Waals surface area (Å²) in [4.78, 5) is 0. The zero-order chi connectivity index (χ0) is 32.1. The minimum atomic E-state index is -1.84. The summed E-state index contributed by atoms with van der Waals surface area (Å²) in [7, 11) is 0. The smallest absolute Gasteiger partial charge is 0.157 e. The van der Waals surface area contributed by atoms with Crippen molar-refractivity contribution in [1.82, 2.24) is 0 Å². The topological polar surface area (TPSA) is 46.2 Å². The van der Waals surface area contributed by atoms with Crippen LogP contribution in [-0.4, -0.2) is 58.6 Å². The number of allylic oxidation sites excluding steroid dienone is 1. The highest BCUT2D eigenvalue weighted by atomic mass is 16.7. The van der Waals surface area contributed by atoms with Crippen molar-refractivity contribution in [1.29, 1.82) is 0 Å². The molecule has 0 aromatic carbocycles. The normalized spacial score (nSPS) is 39.3. The van der Waals surface area contributed by atoms with E-state index in [2.05, 4.69) is 40.7 Å². The monoisotopic (exact) mass is 605 g/mol. The summed E-state index contributed by atoms with van der Waals surface area (Å²) in [5, 5.41) is 0. The van der Waals surface area contributed by atoms with E-state index in [4.69, 9.17) is 26.4 Å². The van der Waals surface area contributed by atoms with Gasteiger partial charge in [-0.05, 0) is 117 Å². The van der Waals surface area contributed by atoms with E-state index in [-0.39, 0.29) is 25.6 Å². The van der Waals surface area contributed by atoms with E-state index in [0.29, 0.717) is 30.7 Å². The van der Waals surface area contributed by atoms with Gasteiger partial charge in [-0.3, -0.25) is 0 Å². The summed E-state index contributed by atoms with van der Waals surface area (Å²) in [5.41, 5.74) is 2.53. The molecule has 1 unspecified atom stereocenters. The fraction of sp³-hybridized carbons (Fsp3) is 0.947. The van der Waals surface area contributed by atoms with Crippen molar-refractivity contribution in [2.24, 2.45) is 46.3 Å². The Morgan fingerprint density at radius 2 is 1.72 bits per heavy atom. The third-order valence-corrected chi connectivity index (χ3v) is 12.7. The van der Waals surface area contributed by atoms with Gasteiger partial charge in [0.2, 0.25) is 0 Å². The van der Waals surface area contributed by atoms with Crippen LogP contribution < -0.4 is 0 Å². The Morgan fingerprint density at radius 1 is 0.884 bits per heavy atom. The van der Waals surface area contributed by atoms with E-state index in [1.54, 1.807) is 5.57 Å². The summed E-state index contributed by atoms with van der Waals surface area (Å²) in [6.45, 7) is 12.8. The van der Waals surface area contributed by atoms with Crippen LogP contribution in [0.4, 0.5) is 0 Å². The second kappa shape index (κ2) is 15.9. The number of hydrogen-bond acceptors (Lipinski definition) is 5. The van der Waals surface area contributed by atoms with Crippen LogP contribution in [0.2, 0.25) is 0 Å². The number of hydrogen-bond donors (Lipinski definition) is 0. The summed E-state index contributed by atoms with van der Waals surface area (Å²) < 4.78 is 44.7. The molecule has 43 heavy (non-hydrogen) atoms. The van der Waals surface area contributed by atoms with Gasteiger partial charge in [0.25, 0.3) is 0 Å². The van der Waals surface area contributed by atoms with Crippen molar-refractivity contribution >= 4 is 0 Å². The highest BCUT2D eigenvalue weighted by molar-refractivity contribution is 5.25. The van der Waals surface area contributed by atoms with Crippen LogP contribution in [0.25, 0.3) is 0 Å². The minimum Gasteiger partial charge on any atom is -0.377 e. The molecule has 0 spiro atoms. The maximum Gasteiger partial charge on any atom is 0.157 e. The summed E-state index contributed by atoms with van der Waals surface area (Å²) in [6.07, 6.45) is 20.4. The van der Waals surface area contributed by atoms with Crippen molar-refractivity contribution in [2.45, 2.75) is 137 Å². The van der Waals surface area contributed by atoms with Gasteiger partial charge >= 0.3 is 0 Å². The summed E-state index contributed by atoms with van der Waals surface area (Å²) >= 11 is 0. The van der Waals surface area contributed by atoms with Crippen LogP contribution >= 0.6 is 0 Å². The minimum absolute atomic E-state index is 0.106. The lowest BCUT2D eigenvalue weighted by Gasteiger charge is -2.58. The Hall–Kier alpha value is -0.460. The van der Waals surface area contributed by atoms with Gasteiger partial charge < -0.3 is 23.7 Å². The first-order chi connectivity index (χ1) is 21.5. The lowest BCUT2D eigenvalue weighted by Crippen LogP contribution is -2.51. The molecule has 0 bridgehead atoms. The lowest BCUT2D eigenvalue weighted by atomic mass is 9.47. The van der Waals surface area contributed by atoms with E-state index in [1.807, 2.05) is 0 Å². The van der Waals surface area contributed by atoms with Gasteiger partial charge in [0.1, 0.15) is 0 Å². The SMILES string of the molecule is [2H]C([2H])(COCCO[C@H]1CC[C@@]2(C)C(=CC[C@H]3[C@@H]4CC[C@H]([C@H](C)CCCC(C)C)[C@@]4(C)CC[C@@H]32)C1)OCCOC1CCCCO1. The molecular weight excluding hydrogens is 536 g/mol. The highest BCUT2D eigenvalue weighted by Gasteiger charge is 2.59. The quantitative estimate of drug-likeness (QED) is 0.130. The first-order valence-corrected chi connectivity index (χ1v) is 18.3. The predicted octanol–water partition coefficient (Wildman–Crippen LogP) is 8.99. The van der Waals surface area contributed by atoms with Crippen molar-refractivity contribution in [3.05, 3.63) is 11.6 Å². The standard InChI is InChI=1S/C38H66O5/c1-28(2)9-8-10-29(3)33-14-15-34-32-13-12-30-27-31(16-18-37(30,4)35(32)17-19-38(33,34)5)41-25-23-39-21-22-40-24-26-43-36-11-6-7-20-42-36/h12,28-29,31-36H,6-11,13-27H2,1-5H3/t29-,31+,32+,33-,34+,35+,36?,37+,38-/m1/s1/i22D2. The molecule has 0 aromatic heterocycles. The molecule has 0 amide bonds. The van der Waals surface area contributed by atoms with E-state index in [1.165, 1.54) is 57.8 Å². The molecule has 0 aromatic rings. The van der Waals surface area contributed by atoms with Gasteiger partial charge in [0, 0.05) is 6.61 Å². The Morgan fingerprint density at radius 3 is 2.53 bits per heavy atom. The molecule has 5 nitrogen and oxygen atoms in total. The average Bonchev–Trinajstić information content (AvgIpc) is 3.37.